The highest BCUT2D eigenvalue weighted by Crippen LogP contribution is 2.30. The lowest BCUT2D eigenvalue weighted by Gasteiger charge is -2.37. The van der Waals surface area contributed by atoms with Gasteiger partial charge in [-0.15, -0.1) is 0 Å². The van der Waals surface area contributed by atoms with Crippen molar-refractivity contribution in [1.82, 2.24) is 9.21 Å². The molecule has 170 valence electrons. The molecule has 0 amide bonds. The number of hydrogen-bond donors (Lipinski definition) is 1. The van der Waals surface area contributed by atoms with Crippen LogP contribution in [0.2, 0.25) is 0 Å². The summed E-state index contributed by atoms with van der Waals surface area (Å²) in [4.78, 5) is 2.38. The average Bonchev–Trinajstić information content (AvgIpc) is 2.73. The number of primary sulfonamides is 1. The quantitative estimate of drug-likeness (QED) is 0.668. The van der Waals surface area contributed by atoms with Crippen LogP contribution in [0.3, 0.4) is 0 Å². The summed E-state index contributed by atoms with van der Waals surface area (Å²) in [6.45, 7) is 7.77. The number of benzene rings is 2. The molecule has 3 rings (SSSR count). The van der Waals surface area contributed by atoms with Crippen molar-refractivity contribution in [2.45, 2.75) is 36.6 Å². The molecule has 8 nitrogen and oxygen atoms in total. The molecule has 1 atom stereocenters. The highest BCUT2D eigenvalue weighted by molar-refractivity contribution is 7.89. The van der Waals surface area contributed by atoms with Crippen molar-refractivity contribution in [2.75, 3.05) is 32.8 Å². The Kier molecular flexibility index (Phi) is 7.07. The fraction of sp³-hybridized carbons (Fsp3) is 0.429. The lowest BCUT2D eigenvalue weighted by molar-refractivity contribution is 0.145. The summed E-state index contributed by atoms with van der Waals surface area (Å²) in [5.74, 6) is 0.231. The van der Waals surface area contributed by atoms with Crippen LogP contribution in [0.25, 0.3) is 0 Å². The van der Waals surface area contributed by atoms with Crippen molar-refractivity contribution in [2.24, 2.45) is 5.14 Å². The number of nitrogens with two attached hydrogens (primary N) is 1. The van der Waals surface area contributed by atoms with Crippen LogP contribution in [0.4, 0.5) is 0 Å². The zero-order valence-electron chi connectivity index (χ0n) is 18.0. The van der Waals surface area contributed by atoms with Gasteiger partial charge in [0.2, 0.25) is 20.0 Å². The van der Waals surface area contributed by atoms with Crippen LogP contribution >= 0.6 is 0 Å². The summed E-state index contributed by atoms with van der Waals surface area (Å²) >= 11 is 0. The van der Waals surface area contributed by atoms with E-state index in [0.29, 0.717) is 37.7 Å². The Morgan fingerprint density at radius 1 is 1.00 bits per heavy atom. The second kappa shape index (κ2) is 9.25. The monoisotopic (exact) mass is 467 g/mol. The van der Waals surface area contributed by atoms with Gasteiger partial charge in [-0.05, 0) is 50.6 Å². The summed E-state index contributed by atoms with van der Waals surface area (Å²) in [5.41, 5.74) is 1.79. The average molecular weight is 468 g/mol. The van der Waals surface area contributed by atoms with Crippen molar-refractivity contribution in [3.8, 4) is 5.75 Å². The first-order valence-electron chi connectivity index (χ1n) is 10.1. The largest absolute Gasteiger partial charge is 0.492 e. The Balaban J connectivity index is 1.74. The van der Waals surface area contributed by atoms with Crippen LogP contribution in [-0.2, 0) is 20.0 Å². The number of sulfonamides is 2. The maximum absolute atomic E-state index is 12.9. The molecule has 1 aliphatic rings. The second-order valence-electron chi connectivity index (χ2n) is 7.61. The first kappa shape index (κ1) is 23.7. The number of nitrogens with zero attached hydrogens (tertiary/aromatic N) is 2. The van der Waals surface area contributed by atoms with Crippen molar-refractivity contribution in [3.63, 3.8) is 0 Å². The van der Waals surface area contributed by atoms with E-state index >= 15 is 0 Å². The van der Waals surface area contributed by atoms with Crippen molar-refractivity contribution in [1.29, 1.82) is 0 Å². The number of piperazine rings is 1. The molecule has 2 N–H and O–H groups in total. The molecule has 0 bridgehead atoms. The van der Waals surface area contributed by atoms with Crippen LogP contribution in [0.15, 0.2) is 52.3 Å². The Hall–Kier alpha value is -1.98. The SMILES string of the molecule is CCOc1ccc(C(C)N2CCN(S(=O)(=O)c3ccc(C)cc3)CC2)cc1S(N)(=O)=O. The van der Waals surface area contributed by atoms with E-state index in [2.05, 4.69) is 4.90 Å². The highest BCUT2D eigenvalue weighted by atomic mass is 32.2. The topological polar surface area (TPSA) is 110 Å². The van der Waals surface area contributed by atoms with Gasteiger partial charge in [-0.25, -0.2) is 22.0 Å². The summed E-state index contributed by atoms with van der Waals surface area (Å²) < 4.78 is 56.7. The standard InChI is InChI=1S/C21H29N3O5S2/c1-4-29-20-10-7-18(15-21(20)30(22,25)26)17(3)23-11-13-24(14-12-23)31(27,28)19-8-5-16(2)6-9-19/h5-10,15,17H,4,11-14H2,1-3H3,(H2,22,25,26). The molecule has 0 radical (unpaired) electrons. The zero-order chi connectivity index (χ0) is 22.8. The molecule has 0 spiro atoms. The van der Waals surface area contributed by atoms with Crippen LogP contribution in [0.1, 0.15) is 31.0 Å². The third-order valence-corrected chi connectivity index (χ3v) is 8.38. The molecule has 2 aromatic carbocycles. The molecule has 1 fully saturated rings. The van der Waals surface area contributed by atoms with Gasteiger partial charge in [0.1, 0.15) is 10.6 Å². The Morgan fingerprint density at radius 2 is 1.61 bits per heavy atom. The minimum absolute atomic E-state index is 0.0423. The van der Waals surface area contributed by atoms with E-state index in [9.17, 15) is 16.8 Å². The molecular weight excluding hydrogens is 438 g/mol. The van der Waals surface area contributed by atoms with E-state index in [4.69, 9.17) is 9.88 Å². The van der Waals surface area contributed by atoms with Gasteiger partial charge in [0, 0.05) is 32.2 Å². The van der Waals surface area contributed by atoms with Crippen molar-refractivity contribution < 1.29 is 21.6 Å². The van der Waals surface area contributed by atoms with Crippen LogP contribution in [-0.4, -0.2) is 58.8 Å². The van der Waals surface area contributed by atoms with E-state index in [1.807, 2.05) is 19.9 Å². The molecular formula is C21H29N3O5S2. The minimum atomic E-state index is -3.94. The van der Waals surface area contributed by atoms with E-state index in [1.54, 1.807) is 43.3 Å². The van der Waals surface area contributed by atoms with Gasteiger partial charge >= 0.3 is 0 Å². The maximum Gasteiger partial charge on any atom is 0.243 e. The second-order valence-corrected chi connectivity index (χ2v) is 11.1. The number of hydrogen-bond acceptors (Lipinski definition) is 6. The fourth-order valence-corrected chi connectivity index (χ4v) is 5.81. The van der Waals surface area contributed by atoms with Crippen LogP contribution in [0.5, 0.6) is 5.75 Å². The molecule has 10 heteroatoms. The normalized spacial score (nSPS) is 17.4. The minimum Gasteiger partial charge on any atom is -0.492 e. The van der Waals surface area contributed by atoms with Gasteiger partial charge in [0.05, 0.1) is 11.5 Å². The first-order valence-corrected chi connectivity index (χ1v) is 13.1. The number of aryl methyl sites for hydroxylation is 1. The molecule has 1 unspecified atom stereocenters. The molecule has 0 saturated carbocycles. The Labute approximate surface area is 184 Å². The predicted molar refractivity (Wildman–Crippen MR) is 119 cm³/mol. The predicted octanol–water partition coefficient (Wildman–Crippen LogP) is 2.11. The maximum atomic E-state index is 12.9. The van der Waals surface area contributed by atoms with Gasteiger partial charge in [-0.1, -0.05) is 23.8 Å². The zero-order valence-corrected chi connectivity index (χ0v) is 19.6. The third-order valence-electron chi connectivity index (χ3n) is 5.54. The summed E-state index contributed by atoms with van der Waals surface area (Å²) in [5, 5.41) is 5.37. The lowest BCUT2D eigenvalue weighted by atomic mass is 10.1. The van der Waals surface area contributed by atoms with Gasteiger partial charge in [0.25, 0.3) is 0 Å². The molecule has 0 aromatic heterocycles. The molecule has 1 saturated heterocycles. The summed E-state index contributed by atoms with van der Waals surface area (Å²) in [7, 11) is -7.47. The van der Waals surface area contributed by atoms with E-state index < -0.39 is 20.0 Å². The van der Waals surface area contributed by atoms with Crippen LogP contribution < -0.4 is 9.88 Å². The van der Waals surface area contributed by atoms with Gasteiger partial charge in [-0.2, -0.15) is 4.31 Å². The Morgan fingerprint density at radius 3 is 2.16 bits per heavy atom. The summed E-state index contributed by atoms with van der Waals surface area (Å²) in [6, 6.07) is 11.7. The molecule has 2 aromatic rings. The van der Waals surface area contributed by atoms with E-state index in [0.717, 1.165) is 11.1 Å². The molecule has 0 aliphatic carbocycles. The number of rotatable bonds is 7. The summed E-state index contributed by atoms with van der Waals surface area (Å²) in [6.07, 6.45) is 0. The van der Waals surface area contributed by atoms with E-state index in [1.165, 1.54) is 4.31 Å². The van der Waals surface area contributed by atoms with Crippen molar-refractivity contribution in [3.05, 3.63) is 53.6 Å². The number of ether oxygens (including phenoxy) is 1. The first-order chi connectivity index (χ1) is 14.5. The fourth-order valence-electron chi connectivity index (χ4n) is 3.68. The van der Waals surface area contributed by atoms with Gasteiger partial charge in [0.15, 0.2) is 0 Å². The third kappa shape index (κ3) is 5.27. The van der Waals surface area contributed by atoms with Crippen LogP contribution in [0, 0.1) is 6.92 Å². The Bertz CT molecular complexity index is 1120. The molecule has 1 aliphatic heterocycles. The van der Waals surface area contributed by atoms with Gasteiger partial charge in [-0.3, -0.25) is 4.90 Å². The highest BCUT2D eigenvalue weighted by Gasteiger charge is 2.30. The van der Waals surface area contributed by atoms with Gasteiger partial charge < -0.3 is 4.74 Å². The van der Waals surface area contributed by atoms with Crippen molar-refractivity contribution >= 4 is 20.0 Å². The van der Waals surface area contributed by atoms with E-state index in [-0.39, 0.29) is 16.7 Å². The smallest absolute Gasteiger partial charge is 0.243 e. The molecule has 1 heterocycles. The lowest BCUT2D eigenvalue weighted by Crippen LogP contribution is -2.49. The molecule has 31 heavy (non-hydrogen) atoms.